The number of benzene rings is 2. The van der Waals surface area contributed by atoms with Gasteiger partial charge in [-0.25, -0.2) is 23.2 Å². The molecule has 0 spiro atoms. The third-order valence-corrected chi connectivity index (χ3v) is 9.51. The number of carbonyl (C=O) groups excluding carboxylic acids is 4. The number of amides is 4. The molecule has 4 heterocycles. The van der Waals surface area contributed by atoms with Crippen LogP contribution in [0.1, 0.15) is 32.1 Å². The summed E-state index contributed by atoms with van der Waals surface area (Å²) < 4.78 is 33.6. The third kappa shape index (κ3) is 10.7. The molecule has 0 bridgehead atoms. The summed E-state index contributed by atoms with van der Waals surface area (Å²) in [7, 11) is 5.30. The fraction of sp³-hybridized carbons (Fsp3) is 0.350. The first-order valence-corrected chi connectivity index (χ1v) is 18.2. The van der Waals surface area contributed by atoms with E-state index in [-0.39, 0.29) is 48.9 Å². The van der Waals surface area contributed by atoms with E-state index in [9.17, 15) is 28.0 Å². The van der Waals surface area contributed by atoms with Crippen molar-refractivity contribution in [3.8, 4) is 0 Å². The Balaban J connectivity index is 0.000000214. The predicted molar refractivity (Wildman–Crippen MR) is 207 cm³/mol. The second-order valence-corrected chi connectivity index (χ2v) is 13.4. The number of carbonyl (C=O) groups is 4. The molecule has 0 saturated carbocycles. The van der Waals surface area contributed by atoms with Crippen molar-refractivity contribution in [3.05, 3.63) is 119 Å². The quantitative estimate of drug-likeness (QED) is 0.195. The lowest BCUT2D eigenvalue weighted by molar-refractivity contribution is 0.0600. The standard InChI is InChI=1S/C20H24FN5O2.C20H23FN4O3/c1-24-8-10-25(11-9-24)20(28)26(18-5-3-2-4-17(18)21)14-16-7-6-15(13-23-16)19(27)12-22;1-23-9-11-24(12-10-23)20(27)25(18-6-4-3-5-17(18)21)14-16-8-7-15(13-22-16)19(26)28-2/h2-7,13H,8-12,14,22H2,1H3;3-8,13H,9-12,14H2,1-2H3. The highest BCUT2D eigenvalue weighted by atomic mass is 19.1. The topological polar surface area (TPSA) is 149 Å². The van der Waals surface area contributed by atoms with E-state index in [4.69, 9.17) is 5.73 Å². The fourth-order valence-corrected chi connectivity index (χ4v) is 6.07. The lowest BCUT2D eigenvalue weighted by atomic mass is 10.1. The Bertz CT molecular complexity index is 1810. The lowest BCUT2D eigenvalue weighted by Gasteiger charge is -2.36. The molecule has 2 fully saturated rings. The Morgan fingerprint density at radius 3 is 1.41 bits per heavy atom. The number of aromatic nitrogens is 2. The zero-order chi connectivity index (χ0) is 40.2. The number of hydrogen-bond donors (Lipinski definition) is 1. The van der Waals surface area contributed by atoms with Crippen LogP contribution in [-0.4, -0.2) is 133 Å². The number of hydrogen-bond acceptors (Lipinski definition) is 10. The first-order valence-electron chi connectivity index (χ1n) is 18.2. The lowest BCUT2D eigenvalue weighted by Crippen LogP contribution is -2.52. The largest absolute Gasteiger partial charge is 0.465 e. The van der Waals surface area contributed by atoms with Crippen molar-refractivity contribution in [1.82, 2.24) is 29.6 Å². The molecule has 2 aromatic carbocycles. The zero-order valence-electron chi connectivity index (χ0n) is 31.8. The average Bonchev–Trinajstić information content (AvgIpc) is 3.23. The number of para-hydroxylation sites is 2. The van der Waals surface area contributed by atoms with Crippen LogP contribution < -0.4 is 15.5 Å². The van der Waals surface area contributed by atoms with Gasteiger partial charge in [0.25, 0.3) is 0 Å². The van der Waals surface area contributed by atoms with Gasteiger partial charge in [0.2, 0.25) is 0 Å². The SMILES string of the molecule is CN1CCN(C(=O)N(Cc2ccc(C(=O)CN)cn2)c2ccccc2F)CC1.COC(=O)c1ccc(CN(C(=O)N2CCN(C)CC2)c2ccccc2F)nc1. The molecule has 2 N–H and O–H groups in total. The molecule has 4 aromatic rings. The number of likely N-dealkylation sites (N-methyl/N-ethyl adjacent to an activating group) is 2. The summed E-state index contributed by atoms with van der Waals surface area (Å²) >= 11 is 0. The van der Waals surface area contributed by atoms with E-state index < -0.39 is 17.6 Å². The maximum atomic E-state index is 14.4. The number of pyridine rings is 2. The Hall–Kier alpha value is -5.84. The van der Waals surface area contributed by atoms with Gasteiger partial charge in [0.05, 0.1) is 55.1 Å². The van der Waals surface area contributed by atoms with Crippen molar-refractivity contribution >= 4 is 35.2 Å². The summed E-state index contributed by atoms with van der Waals surface area (Å²) in [5.41, 5.74) is 7.59. The molecule has 56 heavy (non-hydrogen) atoms. The second-order valence-electron chi connectivity index (χ2n) is 13.4. The number of anilines is 2. The number of halogens is 2. The first-order chi connectivity index (χ1) is 27.0. The minimum atomic E-state index is -0.487. The minimum absolute atomic E-state index is 0.0908. The normalized spacial score (nSPS) is 14.7. The van der Waals surface area contributed by atoms with Crippen LogP contribution in [0.3, 0.4) is 0 Å². The Kier molecular flexibility index (Phi) is 14.5. The van der Waals surface area contributed by atoms with Crippen LogP contribution in [0, 0.1) is 11.6 Å². The number of rotatable bonds is 9. The van der Waals surface area contributed by atoms with Gasteiger partial charge in [-0.15, -0.1) is 0 Å². The number of urea groups is 2. The molecule has 2 aromatic heterocycles. The van der Waals surface area contributed by atoms with Crippen molar-refractivity contribution in [2.75, 3.05) is 89.9 Å². The maximum Gasteiger partial charge on any atom is 0.339 e. The van der Waals surface area contributed by atoms with Gasteiger partial charge in [0.15, 0.2) is 5.78 Å². The van der Waals surface area contributed by atoms with E-state index in [1.165, 1.54) is 41.4 Å². The number of piperazine rings is 2. The molecule has 0 radical (unpaired) electrons. The maximum absolute atomic E-state index is 14.4. The number of nitrogens with zero attached hydrogens (tertiary/aromatic N) is 8. The molecule has 0 aliphatic carbocycles. The van der Waals surface area contributed by atoms with E-state index in [0.29, 0.717) is 48.7 Å². The number of ketones is 1. The Morgan fingerprint density at radius 2 is 1.05 bits per heavy atom. The molecule has 14 nitrogen and oxygen atoms in total. The molecule has 6 rings (SSSR count). The summed E-state index contributed by atoms with van der Waals surface area (Å²) in [5.74, 6) is -1.65. The average molecular weight is 772 g/mol. The second kappa shape index (κ2) is 19.7. The van der Waals surface area contributed by atoms with E-state index in [2.05, 4.69) is 24.5 Å². The number of nitrogens with two attached hydrogens (primary N) is 1. The molecule has 2 aliphatic rings. The molecule has 4 amide bonds. The fourth-order valence-electron chi connectivity index (χ4n) is 6.07. The van der Waals surface area contributed by atoms with Gasteiger partial charge in [-0.3, -0.25) is 24.6 Å². The summed E-state index contributed by atoms with van der Waals surface area (Å²) in [6, 6.07) is 18.3. The van der Waals surface area contributed by atoms with E-state index in [1.807, 2.05) is 14.1 Å². The highest BCUT2D eigenvalue weighted by Crippen LogP contribution is 2.24. The van der Waals surface area contributed by atoms with Gasteiger partial charge in [-0.2, -0.15) is 0 Å². The van der Waals surface area contributed by atoms with Crippen molar-refractivity contribution in [3.63, 3.8) is 0 Å². The molecule has 0 unspecified atom stereocenters. The molecular formula is C40H47F2N9O5. The van der Waals surface area contributed by atoms with Crippen molar-refractivity contribution < 1.29 is 32.7 Å². The predicted octanol–water partition coefficient (Wildman–Crippen LogP) is 4.12. The Labute approximate surface area is 325 Å². The Morgan fingerprint density at radius 1 is 0.643 bits per heavy atom. The van der Waals surface area contributed by atoms with E-state index in [0.717, 1.165) is 26.2 Å². The van der Waals surface area contributed by atoms with Gasteiger partial charge in [-0.1, -0.05) is 24.3 Å². The summed E-state index contributed by atoms with van der Waals surface area (Å²) in [6.07, 6.45) is 2.82. The van der Waals surface area contributed by atoms with Crippen molar-refractivity contribution in [2.45, 2.75) is 13.1 Å². The smallest absolute Gasteiger partial charge is 0.339 e. The van der Waals surface area contributed by atoms with Gasteiger partial charge < -0.3 is 30.1 Å². The monoisotopic (exact) mass is 771 g/mol. The van der Waals surface area contributed by atoms with Crippen molar-refractivity contribution in [1.29, 1.82) is 0 Å². The molecular weight excluding hydrogens is 724 g/mol. The highest BCUT2D eigenvalue weighted by Gasteiger charge is 2.29. The zero-order valence-corrected chi connectivity index (χ0v) is 31.8. The van der Waals surface area contributed by atoms with Crippen molar-refractivity contribution in [2.24, 2.45) is 5.73 Å². The third-order valence-electron chi connectivity index (χ3n) is 9.51. The van der Waals surface area contributed by atoms with Crippen LogP contribution in [0.5, 0.6) is 0 Å². The van der Waals surface area contributed by atoms with Crippen LogP contribution in [0.2, 0.25) is 0 Å². The number of methoxy groups -OCH3 is 1. The molecule has 296 valence electrons. The highest BCUT2D eigenvalue weighted by molar-refractivity contribution is 5.97. The van der Waals surface area contributed by atoms with Crippen LogP contribution >= 0.6 is 0 Å². The molecule has 16 heteroatoms. The first kappa shape index (κ1) is 41.3. The molecule has 2 aliphatic heterocycles. The van der Waals surface area contributed by atoms with Crippen LogP contribution in [-0.2, 0) is 17.8 Å². The van der Waals surface area contributed by atoms with Gasteiger partial charge in [-0.05, 0) is 62.6 Å². The number of esters is 1. The summed E-state index contributed by atoms with van der Waals surface area (Å²) in [5, 5.41) is 0. The van der Waals surface area contributed by atoms with Crippen LogP contribution in [0.15, 0.2) is 85.2 Å². The molecule has 0 atom stereocenters. The molecule has 2 saturated heterocycles. The van der Waals surface area contributed by atoms with E-state index >= 15 is 0 Å². The van der Waals surface area contributed by atoms with E-state index in [1.54, 1.807) is 70.5 Å². The van der Waals surface area contributed by atoms with Crippen LogP contribution in [0.25, 0.3) is 0 Å². The van der Waals surface area contributed by atoms with Crippen LogP contribution in [0.4, 0.5) is 29.7 Å². The summed E-state index contributed by atoms with van der Waals surface area (Å²) in [4.78, 5) is 68.5. The number of Topliss-reactive ketones (excluding diaryl/α,β-unsaturated/α-hetero) is 1. The van der Waals surface area contributed by atoms with Gasteiger partial charge in [0.1, 0.15) is 11.6 Å². The van der Waals surface area contributed by atoms with Gasteiger partial charge in [0, 0.05) is 70.3 Å². The van der Waals surface area contributed by atoms with Gasteiger partial charge >= 0.3 is 18.0 Å². The minimum Gasteiger partial charge on any atom is -0.465 e. The summed E-state index contributed by atoms with van der Waals surface area (Å²) in [6.45, 7) is 5.49. The number of ether oxygens (including phenoxy) is 1.